The summed E-state index contributed by atoms with van der Waals surface area (Å²) in [5.74, 6) is -0.564. The van der Waals surface area contributed by atoms with Gasteiger partial charge in [0.05, 0.1) is 12.7 Å². The number of aromatic nitrogens is 1. The maximum absolute atomic E-state index is 11.9. The van der Waals surface area contributed by atoms with Crippen molar-refractivity contribution >= 4 is 11.7 Å². The Morgan fingerprint density at radius 1 is 1.53 bits per heavy atom. The summed E-state index contributed by atoms with van der Waals surface area (Å²) in [6, 6.07) is 3.52. The predicted octanol–water partition coefficient (Wildman–Crippen LogP) is 1.72. The molecule has 0 aromatic carbocycles. The largest absolute Gasteiger partial charge is 0.619 e. The maximum Gasteiger partial charge on any atom is 0.336 e. The predicted molar refractivity (Wildman–Crippen MR) is 70.6 cm³/mol. The van der Waals surface area contributed by atoms with Crippen molar-refractivity contribution in [3.05, 3.63) is 46.6 Å². The summed E-state index contributed by atoms with van der Waals surface area (Å²) in [5.41, 5.74) is 2.92. The summed E-state index contributed by atoms with van der Waals surface area (Å²) in [5, 5.41) is 11.4. The van der Waals surface area contributed by atoms with Gasteiger partial charge in [-0.1, -0.05) is 0 Å². The van der Waals surface area contributed by atoms with Crippen LogP contribution in [-0.4, -0.2) is 18.8 Å². The van der Waals surface area contributed by atoms with Gasteiger partial charge in [0.1, 0.15) is 0 Å². The molecule has 0 radical (unpaired) electrons. The Hall–Kier alpha value is -2.17. The molecule has 1 aromatic heterocycles. The molecule has 1 aromatic rings. The SMILES string of the molecule is COC(=O)C1=C(C)N=C(C)CC1c1ccc[n+]([O-])c1. The Morgan fingerprint density at radius 3 is 2.89 bits per heavy atom. The number of pyridine rings is 1. The molecule has 0 bridgehead atoms. The molecule has 0 fully saturated rings. The number of nitrogens with zero attached hydrogens (tertiary/aromatic N) is 2. The summed E-state index contributed by atoms with van der Waals surface area (Å²) in [6.45, 7) is 3.70. The topological polar surface area (TPSA) is 65.6 Å². The highest BCUT2D eigenvalue weighted by atomic mass is 16.5. The zero-order valence-electron chi connectivity index (χ0n) is 11.2. The van der Waals surface area contributed by atoms with Crippen molar-refractivity contribution in [2.24, 2.45) is 4.99 Å². The van der Waals surface area contributed by atoms with Crippen LogP contribution < -0.4 is 4.73 Å². The molecule has 0 spiro atoms. The van der Waals surface area contributed by atoms with Gasteiger partial charge in [0.15, 0.2) is 12.4 Å². The van der Waals surface area contributed by atoms with Crippen LogP contribution in [0.2, 0.25) is 0 Å². The van der Waals surface area contributed by atoms with Crippen LogP contribution in [0.3, 0.4) is 0 Å². The first-order chi connectivity index (χ1) is 9.02. The van der Waals surface area contributed by atoms with E-state index in [9.17, 15) is 10.0 Å². The number of carbonyl (C=O) groups excluding carboxylic acids is 1. The molecule has 0 N–H and O–H groups in total. The van der Waals surface area contributed by atoms with Crippen LogP contribution in [0, 0.1) is 5.21 Å². The summed E-state index contributed by atoms with van der Waals surface area (Å²) in [7, 11) is 1.35. The number of aliphatic imine (C=N–C) groups is 1. The molecule has 0 saturated heterocycles. The number of carbonyl (C=O) groups is 1. The summed E-state index contributed by atoms with van der Waals surface area (Å²) >= 11 is 0. The van der Waals surface area contributed by atoms with Crippen LogP contribution in [0.5, 0.6) is 0 Å². The van der Waals surface area contributed by atoms with Crippen LogP contribution in [0.15, 0.2) is 40.8 Å². The second kappa shape index (κ2) is 5.22. The maximum atomic E-state index is 11.9. The van der Waals surface area contributed by atoms with Gasteiger partial charge >= 0.3 is 5.97 Å². The van der Waals surface area contributed by atoms with E-state index in [0.717, 1.165) is 16.0 Å². The lowest BCUT2D eigenvalue weighted by Gasteiger charge is -2.23. The molecule has 0 amide bonds. The Morgan fingerprint density at radius 2 is 2.26 bits per heavy atom. The minimum atomic E-state index is -0.389. The zero-order valence-corrected chi connectivity index (χ0v) is 11.2. The lowest BCUT2D eigenvalue weighted by atomic mass is 9.84. The fourth-order valence-electron chi connectivity index (χ4n) is 2.40. The molecule has 5 nitrogen and oxygen atoms in total. The van der Waals surface area contributed by atoms with E-state index in [4.69, 9.17) is 4.74 Å². The molecule has 0 aliphatic carbocycles. The van der Waals surface area contributed by atoms with Gasteiger partial charge in [-0.05, 0) is 26.3 Å². The van der Waals surface area contributed by atoms with Gasteiger partial charge < -0.3 is 9.94 Å². The lowest BCUT2D eigenvalue weighted by Crippen LogP contribution is -2.27. The smallest absolute Gasteiger partial charge is 0.336 e. The molecule has 1 atom stereocenters. The van der Waals surface area contributed by atoms with Crippen LogP contribution in [0.25, 0.3) is 0 Å². The van der Waals surface area contributed by atoms with E-state index >= 15 is 0 Å². The van der Waals surface area contributed by atoms with Gasteiger partial charge in [-0.2, -0.15) is 4.73 Å². The van der Waals surface area contributed by atoms with Crippen LogP contribution in [0.1, 0.15) is 31.7 Å². The standard InChI is InChI=1S/C14H16N2O3/c1-9-7-12(11-5-4-6-16(18)8-11)13(10(2)15-9)14(17)19-3/h4-6,8,12H,7H2,1-3H3. The number of methoxy groups -OCH3 is 1. The first kappa shape index (κ1) is 13.3. The van der Waals surface area contributed by atoms with E-state index in [0.29, 0.717) is 17.7 Å². The zero-order chi connectivity index (χ0) is 14.0. The fraction of sp³-hybridized carbons (Fsp3) is 0.357. The van der Waals surface area contributed by atoms with E-state index in [1.165, 1.54) is 19.5 Å². The molecular formula is C14H16N2O3. The van der Waals surface area contributed by atoms with Gasteiger partial charge in [0, 0.05) is 29.0 Å². The van der Waals surface area contributed by atoms with E-state index in [2.05, 4.69) is 4.99 Å². The van der Waals surface area contributed by atoms with Crippen molar-refractivity contribution in [2.45, 2.75) is 26.2 Å². The number of esters is 1. The molecule has 1 unspecified atom stereocenters. The third-order valence-corrected chi connectivity index (χ3v) is 3.20. The summed E-state index contributed by atoms with van der Waals surface area (Å²) in [6.07, 6.45) is 3.52. The number of hydrogen-bond donors (Lipinski definition) is 0. The van der Waals surface area contributed by atoms with Gasteiger partial charge in [-0.15, -0.1) is 0 Å². The number of rotatable bonds is 2. The van der Waals surface area contributed by atoms with Crippen molar-refractivity contribution in [1.82, 2.24) is 0 Å². The molecule has 100 valence electrons. The van der Waals surface area contributed by atoms with Crippen LogP contribution >= 0.6 is 0 Å². The highest BCUT2D eigenvalue weighted by molar-refractivity contribution is 5.96. The molecule has 2 heterocycles. The first-order valence-electron chi connectivity index (χ1n) is 6.05. The van der Waals surface area contributed by atoms with Crippen molar-refractivity contribution in [3.8, 4) is 0 Å². The minimum Gasteiger partial charge on any atom is -0.619 e. The Kier molecular flexibility index (Phi) is 3.64. The molecule has 5 heteroatoms. The molecule has 19 heavy (non-hydrogen) atoms. The highest BCUT2D eigenvalue weighted by Crippen LogP contribution is 2.34. The van der Waals surface area contributed by atoms with Crippen molar-refractivity contribution in [2.75, 3.05) is 7.11 Å². The van der Waals surface area contributed by atoms with Gasteiger partial charge in [0.25, 0.3) is 0 Å². The van der Waals surface area contributed by atoms with Crippen molar-refractivity contribution < 1.29 is 14.3 Å². The first-order valence-corrected chi connectivity index (χ1v) is 6.05. The Labute approximate surface area is 111 Å². The average molecular weight is 260 g/mol. The number of ether oxygens (including phenoxy) is 1. The monoisotopic (exact) mass is 260 g/mol. The summed E-state index contributed by atoms with van der Waals surface area (Å²) in [4.78, 5) is 16.3. The van der Waals surface area contributed by atoms with E-state index in [1.807, 2.05) is 13.0 Å². The third kappa shape index (κ3) is 2.65. The third-order valence-electron chi connectivity index (χ3n) is 3.20. The molecule has 1 aliphatic rings. The molecule has 0 saturated carbocycles. The van der Waals surface area contributed by atoms with Gasteiger partial charge in [-0.3, -0.25) is 4.99 Å². The number of hydrogen-bond acceptors (Lipinski definition) is 4. The summed E-state index contributed by atoms with van der Waals surface area (Å²) < 4.78 is 5.56. The van der Waals surface area contributed by atoms with E-state index in [-0.39, 0.29) is 11.9 Å². The van der Waals surface area contributed by atoms with Crippen molar-refractivity contribution in [3.63, 3.8) is 0 Å². The van der Waals surface area contributed by atoms with E-state index < -0.39 is 0 Å². The van der Waals surface area contributed by atoms with Crippen molar-refractivity contribution in [1.29, 1.82) is 0 Å². The highest BCUT2D eigenvalue weighted by Gasteiger charge is 2.30. The fourth-order valence-corrected chi connectivity index (χ4v) is 2.40. The van der Waals surface area contributed by atoms with Gasteiger partial charge in [0.2, 0.25) is 0 Å². The normalized spacial score (nSPS) is 19.1. The number of allylic oxidation sites excluding steroid dienone is 1. The van der Waals surface area contributed by atoms with Gasteiger partial charge in [-0.25, -0.2) is 4.79 Å². The molecule has 1 aliphatic heterocycles. The van der Waals surface area contributed by atoms with Crippen LogP contribution in [-0.2, 0) is 9.53 Å². The second-order valence-electron chi connectivity index (χ2n) is 4.59. The van der Waals surface area contributed by atoms with E-state index in [1.54, 1.807) is 13.0 Å². The average Bonchev–Trinajstić information content (AvgIpc) is 2.37. The quantitative estimate of drug-likeness (QED) is 0.462. The Bertz CT molecular complexity index is 576. The van der Waals surface area contributed by atoms with Crippen LogP contribution in [0.4, 0.5) is 0 Å². The molecular weight excluding hydrogens is 244 g/mol. The Balaban J connectivity index is 2.50. The second-order valence-corrected chi connectivity index (χ2v) is 4.59. The molecule has 2 rings (SSSR count). The lowest BCUT2D eigenvalue weighted by molar-refractivity contribution is -0.605. The minimum absolute atomic E-state index is 0.175.